The van der Waals surface area contributed by atoms with Crippen LogP contribution in [0.15, 0.2) is 53.0 Å². The van der Waals surface area contributed by atoms with Crippen LogP contribution in [0.2, 0.25) is 0 Å². The largest absolute Gasteiger partial charge is 0.496 e. The molecule has 0 saturated carbocycles. The van der Waals surface area contributed by atoms with E-state index < -0.39 is 0 Å². The zero-order chi connectivity index (χ0) is 15.9. The molecular weight excluding hydrogens is 348 g/mol. The molecule has 0 unspecified atom stereocenters. The monoisotopic (exact) mass is 362 g/mol. The molecular formula is C16H15BrN2O3. The first-order valence-electron chi connectivity index (χ1n) is 6.57. The van der Waals surface area contributed by atoms with Crippen molar-refractivity contribution in [1.29, 1.82) is 0 Å². The molecule has 0 aromatic heterocycles. The Morgan fingerprint density at radius 1 is 1.14 bits per heavy atom. The van der Waals surface area contributed by atoms with Crippen molar-refractivity contribution < 1.29 is 14.3 Å². The van der Waals surface area contributed by atoms with E-state index in [4.69, 9.17) is 4.74 Å². The number of benzene rings is 2. The molecule has 0 spiro atoms. The topological polar surface area (TPSA) is 67.4 Å². The van der Waals surface area contributed by atoms with Crippen LogP contribution in [0.5, 0.6) is 5.75 Å². The van der Waals surface area contributed by atoms with Gasteiger partial charge in [0.2, 0.25) is 5.91 Å². The number of nitrogens with one attached hydrogen (secondary N) is 2. The van der Waals surface area contributed by atoms with Crippen LogP contribution in [-0.4, -0.2) is 25.5 Å². The molecule has 22 heavy (non-hydrogen) atoms. The minimum Gasteiger partial charge on any atom is -0.496 e. The number of anilines is 1. The van der Waals surface area contributed by atoms with E-state index in [1.54, 1.807) is 30.3 Å². The number of hydrogen-bond acceptors (Lipinski definition) is 3. The lowest BCUT2D eigenvalue weighted by Gasteiger charge is -2.10. The van der Waals surface area contributed by atoms with Gasteiger partial charge in [0.15, 0.2) is 0 Å². The van der Waals surface area contributed by atoms with Gasteiger partial charge in [-0.1, -0.05) is 34.1 Å². The van der Waals surface area contributed by atoms with Crippen molar-refractivity contribution in [3.63, 3.8) is 0 Å². The van der Waals surface area contributed by atoms with E-state index in [1.807, 2.05) is 18.2 Å². The first kappa shape index (κ1) is 16.0. The quantitative estimate of drug-likeness (QED) is 0.859. The Labute approximate surface area is 136 Å². The summed E-state index contributed by atoms with van der Waals surface area (Å²) in [6, 6.07) is 14.1. The molecule has 0 heterocycles. The third-order valence-corrected chi connectivity index (χ3v) is 3.37. The van der Waals surface area contributed by atoms with E-state index in [-0.39, 0.29) is 18.4 Å². The van der Waals surface area contributed by atoms with E-state index in [9.17, 15) is 9.59 Å². The third-order valence-electron chi connectivity index (χ3n) is 2.87. The maximum atomic E-state index is 12.1. The third kappa shape index (κ3) is 4.33. The molecule has 0 aliphatic rings. The number of rotatable bonds is 5. The molecule has 114 valence electrons. The van der Waals surface area contributed by atoms with Gasteiger partial charge < -0.3 is 15.4 Å². The summed E-state index contributed by atoms with van der Waals surface area (Å²) in [4.78, 5) is 23.9. The van der Waals surface area contributed by atoms with Gasteiger partial charge in [0.1, 0.15) is 5.75 Å². The van der Waals surface area contributed by atoms with Crippen LogP contribution >= 0.6 is 15.9 Å². The molecule has 5 nitrogen and oxygen atoms in total. The molecule has 2 amide bonds. The highest BCUT2D eigenvalue weighted by Gasteiger charge is 2.13. The summed E-state index contributed by atoms with van der Waals surface area (Å²) in [7, 11) is 1.49. The molecule has 0 atom stereocenters. The molecule has 0 aliphatic heterocycles. The summed E-state index contributed by atoms with van der Waals surface area (Å²) in [6.07, 6.45) is 0. The summed E-state index contributed by atoms with van der Waals surface area (Å²) in [5, 5.41) is 5.26. The van der Waals surface area contributed by atoms with Gasteiger partial charge in [-0.3, -0.25) is 9.59 Å². The smallest absolute Gasteiger partial charge is 0.255 e. The molecule has 2 aromatic rings. The van der Waals surface area contributed by atoms with E-state index in [1.165, 1.54) is 7.11 Å². The molecule has 0 saturated heterocycles. The van der Waals surface area contributed by atoms with Gasteiger partial charge in [-0.2, -0.15) is 0 Å². The molecule has 2 aromatic carbocycles. The van der Waals surface area contributed by atoms with E-state index in [0.29, 0.717) is 17.0 Å². The van der Waals surface area contributed by atoms with Crippen molar-refractivity contribution in [3.05, 3.63) is 58.6 Å². The molecule has 6 heteroatoms. The fourth-order valence-electron chi connectivity index (χ4n) is 1.84. The predicted octanol–water partition coefficient (Wildman–Crippen LogP) is 2.83. The minimum absolute atomic E-state index is 0.122. The lowest BCUT2D eigenvalue weighted by atomic mass is 10.2. The number of hydrogen-bond donors (Lipinski definition) is 2. The van der Waals surface area contributed by atoms with Gasteiger partial charge >= 0.3 is 0 Å². The summed E-state index contributed by atoms with van der Waals surface area (Å²) >= 11 is 3.30. The Hall–Kier alpha value is -2.34. The van der Waals surface area contributed by atoms with Gasteiger partial charge in [0, 0.05) is 10.2 Å². The number of carbonyl (C=O) groups excluding carboxylic acids is 2. The average molecular weight is 363 g/mol. The highest BCUT2D eigenvalue weighted by atomic mass is 79.9. The number of amides is 2. The average Bonchev–Trinajstić information content (AvgIpc) is 2.53. The fourth-order valence-corrected chi connectivity index (χ4v) is 2.20. The molecule has 2 N–H and O–H groups in total. The normalized spacial score (nSPS) is 9.91. The molecule has 0 fully saturated rings. The van der Waals surface area contributed by atoms with Gasteiger partial charge in [-0.15, -0.1) is 0 Å². The van der Waals surface area contributed by atoms with Crippen molar-refractivity contribution in [2.24, 2.45) is 0 Å². The second kappa shape index (κ2) is 7.61. The maximum absolute atomic E-state index is 12.1. The van der Waals surface area contributed by atoms with Crippen LogP contribution in [0.3, 0.4) is 0 Å². The van der Waals surface area contributed by atoms with Crippen molar-refractivity contribution in [3.8, 4) is 5.75 Å². The Bertz CT molecular complexity index is 674. The molecule has 0 aliphatic carbocycles. The van der Waals surface area contributed by atoms with Crippen LogP contribution in [0.1, 0.15) is 10.4 Å². The Kier molecular flexibility index (Phi) is 5.55. The van der Waals surface area contributed by atoms with Crippen molar-refractivity contribution >= 4 is 33.4 Å². The summed E-state index contributed by atoms with van der Waals surface area (Å²) in [5.41, 5.74) is 1.05. The van der Waals surface area contributed by atoms with Gasteiger partial charge in [0.25, 0.3) is 5.91 Å². The highest BCUT2D eigenvalue weighted by molar-refractivity contribution is 9.10. The van der Waals surface area contributed by atoms with Gasteiger partial charge in [0.05, 0.1) is 19.2 Å². The van der Waals surface area contributed by atoms with Crippen molar-refractivity contribution in [2.75, 3.05) is 19.0 Å². The van der Waals surface area contributed by atoms with Crippen molar-refractivity contribution in [2.45, 2.75) is 0 Å². The lowest BCUT2D eigenvalue weighted by Crippen LogP contribution is -2.33. The minimum atomic E-state index is -0.374. The van der Waals surface area contributed by atoms with E-state index in [2.05, 4.69) is 26.6 Å². The number of ether oxygens (including phenoxy) is 1. The highest BCUT2D eigenvalue weighted by Crippen LogP contribution is 2.22. The van der Waals surface area contributed by atoms with Crippen LogP contribution < -0.4 is 15.4 Å². The Balaban J connectivity index is 1.95. The zero-order valence-electron chi connectivity index (χ0n) is 11.9. The van der Waals surface area contributed by atoms with Crippen LogP contribution in [-0.2, 0) is 4.79 Å². The molecule has 0 radical (unpaired) electrons. The zero-order valence-corrected chi connectivity index (χ0v) is 13.5. The number of carbonyl (C=O) groups is 2. The Morgan fingerprint density at radius 3 is 2.55 bits per heavy atom. The van der Waals surface area contributed by atoms with Gasteiger partial charge in [-0.25, -0.2) is 0 Å². The maximum Gasteiger partial charge on any atom is 0.255 e. The van der Waals surface area contributed by atoms with Gasteiger partial charge in [-0.05, 0) is 30.3 Å². The second-order valence-electron chi connectivity index (χ2n) is 4.44. The first-order chi connectivity index (χ1) is 10.6. The number of halogens is 1. The molecule has 0 bridgehead atoms. The standard InChI is InChI=1S/C16H15BrN2O3/c1-22-14-8-7-11(17)9-13(14)16(21)18-10-15(20)19-12-5-3-2-4-6-12/h2-9H,10H2,1H3,(H,18,21)(H,19,20). The number of para-hydroxylation sites is 1. The lowest BCUT2D eigenvalue weighted by molar-refractivity contribution is -0.115. The Morgan fingerprint density at radius 2 is 1.86 bits per heavy atom. The van der Waals surface area contributed by atoms with Crippen LogP contribution in [0, 0.1) is 0 Å². The summed E-state index contributed by atoms with van der Waals surface area (Å²) < 4.78 is 5.90. The fraction of sp³-hybridized carbons (Fsp3) is 0.125. The predicted molar refractivity (Wildman–Crippen MR) is 88.1 cm³/mol. The van der Waals surface area contributed by atoms with Crippen LogP contribution in [0.25, 0.3) is 0 Å². The van der Waals surface area contributed by atoms with E-state index >= 15 is 0 Å². The molecule has 2 rings (SSSR count). The summed E-state index contributed by atoms with van der Waals surface area (Å²) in [6.45, 7) is -0.122. The van der Waals surface area contributed by atoms with Crippen molar-refractivity contribution in [1.82, 2.24) is 5.32 Å². The number of methoxy groups -OCH3 is 1. The van der Waals surface area contributed by atoms with Crippen LogP contribution in [0.4, 0.5) is 5.69 Å². The SMILES string of the molecule is COc1ccc(Br)cc1C(=O)NCC(=O)Nc1ccccc1. The second-order valence-corrected chi connectivity index (χ2v) is 5.36. The summed E-state index contributed by atoms with van der Waals surface area (Å²) in [5.74, 6) is -0.223. The van der Waals surface area contributed by atoms with E-state index in [0.717, 1.165) is 4.47 Å². The first-order valence-corrected chi connectivity index (χ1v) is 7.36.